The van der Waals surface area contributed by atoms with E-state index in [2.05, 4.69) is 38.0 Å². The van der Waals surface area contributed by atoms with Gasteiger partial charge in [-0.3, -0.25) is 0 Å². The SMILES string of the molecule is CN(C)CCC(CCN)N(C)C. The topological polar surface area (TPSA) is 32.5 Å². The lowest BCUT2D eigenvalue weighted by atomic mass is 10.1. The van der Waals surface area contributed by atoms with Gasteiger partial charge in [0.25, 0.3) is 0 Å². The Balaban J connectivity index is 3.63. The zero-order valence-electron chi connectivity index (χ0n) is 8.88. The first-order valence-corrected chi connectivity index (χ1v) is 4.59. The van der Waals surface area contributed by atoms with Gasteiger partial charge in [-0.05, 0) is 54.1 Å². The summed E-state index contributed by atoms with van der Waals surface area (Å²) in [5.74, 6) is 0. The van der Waals surface area contributed by atoms with Crippen molar-refractivity contribution in [3.8, 4) is 0 Å². The maximum Gasteiger partial charge on any atom is 0.0113 e. The summed E-state index contributed by atoms with van der Waals surface area (Å²) in [4.78, 5) is 4.48. The molecule has 74 valence electrons. The Bertz CT molecular complexity index is 102. The van der Waals surface area contributed by atoms with Crippen molar-refractivity contribution in [2.75, 3.05) is 41.3 Å². The second kappa shape index (κ2) is 6.40. The van der Waals surface area contributed by atoms with Gasteiger partial charge in [-0.15, -0.1) is 0 Å². The van der Waals surface area contributed by atoms with E-state index >= 15 is 0 Å². The molecule has 0 aliphatic rings. The summed E-state index contributed by atoms with van der Waals surface area (Å²) in [7, 11) is 8.45. The fraction of sp³-hybridized carbons (Fsp3) is 1.00. The minimum absolute atomic E-state index is 0.636. The van der Waals surface area contributed by atoms with Gasteiger partial charge in [0, 0.05) is 6.04 Å². The molecular formula is C9H23N3. The van der Waals surface area contributed by atoms with Gasteiger partial charge in [0.05, 0.1) is 0 Å². The van der Waals surface area contributed by atoms with E-state index in [1.54, 1.807) is 0 Å². The molecule has 0 saturated carbocycles. The predicted octanol–water partition coefficient (Wildman–Crippen LogP) is 0.217. The molecule has 0 radical (unpaired) electrons. The molecule has 3 heteroatoms. The zero-order valence-corrected chi connectivity index (χ0v) is 8.88. The molecule has 0 aliphatic heterocycles. The average Bonchev–Trinajstić information content (AvgIpc) is 1.96. The van der Waals surface area contributed by atoms with Crippen LogP contribution in [0.2, 0.25) is 0 Å². The van der Waals surface area contributed by atoms with Gasteiger partial charge in [-0.2, -0.15) is 0 Å². The quantitative estimate of drug-likeness (QED) is 0.623. The van der Waals surface area contributed by atoms with Crippen LogP contribution in [0.25, 0.3) is 0 Å². The van der Waals surface area contributed by atoms with E-state index in [0.29, 0.717) is 6.04 Å². The molecule has 0 spiro atoms. The number of rotatable bonds is 6. The van der Waals surface area contributed by atoms with E-state index < -0.39 is 0 Å². The number of nitrogens with zero attached hydrogens (tertiary/aromatic N) is 2. The third-order valence-electron chi connectivity index (χ3n) is 2.14. The summed E-state index contributed by atoms with van der Waals surface area (Å²) >= 11 is 0. The van der Waals surface area contributed by atoms with Crippen LogP contribution in [0.3, 0.4) is 0 Å². The van der Waals surface area contributed by atoms with Crippen LogP contribution in [0.15, 0.2) is 0 Å². The first kappa shape index (κ1) is 11.9. The molecule has 0 aromatic heterocycles. The summed E-state index contributed by atoms with van der Waals surface area (Å²) in [5, 5.41) is 0. The zero-order chi connectivity index (χ0) is 9.56. The fourth-order valence-electron chi connectivity index (χ4n) is 1.26. The Morgan fingerprint density at radius 2 is 1.67 bits per heavy atom. The van der Waals surface area contributed by atoms with Crippen LogP contribution in [-0.2, 0) is 0 Å². The van der Waals surface area contributed by atoms with Gasteiger partial charge in [-0.1, -0.05) is 0 Å². The Morgan fingerprint density at radius 1 is 1.08 bits per heavy atom. The van der Waals surface area contributed by atoms with Crippen LogP contribution in [0.4, 0.5) is 0 Å². The minimum Gasteiger partial charge on any atom is -0.330 e. The minimum atomic E-state index is 0.636. The highest BCUT2D eigenvalue weighted by atomic mass is 15.1. The van der Waals surface area contributed by atoms with Crippen molar-refractivity contribution in [2.24, 2.45) is 5.73 Å². The highest BCUT2D eigenvalue weighted by Gasteiger charge is 2.09. The van der Waals surface area contributed by atoms with Gasteiger partial charge in [0.1, 0.15) is 0 Å². The second-order valence-electron chi connectivity index (χ2n) is 3.79. The van der Waals surface area contributed by atoms with Gasteiger partial charge in [0.2, 0.25) is 0 Å². The highest BCUT2D eigenvalue weighted by Crippen LogP contribution is 2.03. The molecule has 1 unspecified atom stereocenters. The molecule has 2 N–H and O–H groups in total. The van der Waals surface area contributed by atoms with Crippen molar-refractivity contribution < 1.29 is 0 Å². The lowest BCUT2D eigenvalue weighted by Crippen LogP contribution is -2.33. The second-order valence-corrected chi connectivity index (χ2v) is 3.79. The maximum atomic E-state index is 5.53. The molecule has 0 aromatic carbocycles. The lowest BCUT2D eigenvalue weighted by molar-refractivity contribution is 0.241. The summed E-state index contributed by atoms with van der Waals surface area (Å²) in [6, 6.07) is 0.636. The average molecular weight is 173 g/mol. The fourth-order valence-corrected chi connectivity index (χ4v) is 1.26. The largest absolute Gasteiger partial charge is 0.330 e. The van der Waals surface area contributed by atoms with E-state index in [0.717, 1.165) is 19.5 Å². The molecule has 3 nitrogen and oxygen atoms in total. The van der Waals surface area contributed by atoms with Crippen molar-refractivity contribution >= 4 is 0 Å². The highest BCUT2D eigenvalue weighted by molar-refractivity contribution is 4.67. The molecule has 0 amide bonds. The molecule has 0 rings (SSSR count). The van der Waals surface area contributed by atoms with Gasteiger partial charge >= 0.3 is 0 Å². The number of hydrogen-bond donors (Lipinski definition) is 1. The van der Waals surface area contributed by atoms with E-state index in [-0.39, 0.29) is 0 Å². The summed E-state index contributed by atoms with van der Waals surface area (Å²) in [6.45, 7) is 1.93. The van der Waals surface area contributed by atoms with Crippen LogP contribution in [0, 0.1) is 0 Å². The Labute approximate surface area is 76.5 Å². The van der Waals surface area contributed by atoms with Gasteiger partial charge < -0.3 is 15.5 Å². The Kier molecular flexibility index (Phi) is 6.34. The standard InChI is InChI=1S/C9H23N3/c1-11(2)8-6-9(5-7-10)12(3)4/h9H,5-8,10H2,1-4H3. The first-order chi connectivity index (χ1) is 5.57. The van der Waals surface area contributed by atoms with Crippen molar-refractivity contribution in [3.05, 3.63) is 0 Å². The summed E-state index contributed by atoms with van der Waals surface area (Å²) < 4.78 is 0. The number of hydrogen-bond acceptors (Lipinski definition) is 3. The van der Waals surface area contributed by atoms with Crippen molar-refractivity contribution in [2.45, 2.75) is 18.9 Å². The lowest BCUT2D eigenvalue weighted by Gasteiger charge is -2.25. The molecule has 1 atom stereocenters. The molecule has 0 aliphatic carbocycles. The summed E-state index contributed by atoms with van der Waals surface area (Å²) in [5.41, 5.74) is 5.53. The monoisotopic (exact) mass is 173 g/mol. The normalized spacial score (nSPS) is 14.2. The molecule has 0 fully saturated rings. The molecule has 0 aromatic rings. The third kappa shape index (κ3) is 5.52. The van der Waals surface area contributed by atoms with Crippen LogP contribution in [0.1, 0.15) is 12.8 Å². The maximum absolute atomic E-state index is 5.53. The summed E-state index contributed by atoms with van der Waals surface area (Å²) in [6.07, 6.45) is 2.30. The predicted molar refractivity (Wildman–Crippen MR) is 54.3 cm³/mol. The molecule has 0 bridgehead atoms. The van der Waals surface area contributed by atoms with Crippen molar-refractivity contribution in [3.63, 3.8) is 0 Å². The van der Waals surface area contributed by atoms with Crippen molar-refractivity contribution in [1.82, 2.24) is 9.80 Å². The van der Waals surface area contributed by atoms with E-state index in [1.165, 1.54) is 6.42 Å². The van der Waals surface area contributed by atoms with Crippen molar-refractivity contribution in [1.29, 1.82) is 0 Å². The molecule has 0 saturated heterocycles. The Hall–Kier alpha value is -0.120. The van der Waals surface area contributed by atoms with E-state index in [9.17, 15) is 0 Å². The Morgan fingerprint density at radius 3 is 2.00 bits per heavy atom. The molecular weight excluding hydrogens is 150 g/mol. The first-order valence-electron chi connectivity index (χ1n) is 4.59. The van der Waals surface area contributed by atoms with E-state index in [1.807, 2.05) is 0 Å². The third-order valence-corrected chi connectivity index (χ3v) is 2.14. The van der Waals surface area contributed by atoms with E-state index in [4.69, 9.17) is 5.73 Å². The van der Waals surface area contributed by atoms with Gasteiger partial charge in [-0.25, -0.2) is 0 Å². The van der Waals surface area contributed by atoms with Gasteiger partial charge in [0.15, 0.2) is 0 Å². The van der Waals surface area contributed by atoms with Crippen LogP contribution in [0.5, 0.6) is 0 Å². The van der Waals surface area contributed by atoms with Crippen LogP contribution >= 0.6 is 0 Å². The smallest absolute Gasteiger partial charge is 0.0113 e. The van der Waals surface area contributed by atoms with Crippen LogP contribution < -0.4 is 5.73 Å². The van der Waals surface area contributed by atoms with Crippen LogP contribution in [-0.4, -0.2) is 57.1 Å². The molecule has 12 heavy (non-hydrogen) atoms. The number of nitrogens with two attached hydrogens (primary N) is 1. The molecule has 0 heterocycles.